The Kier molecular flexibility index (Phi) is 3.66. The van der Waals surface area contributed by atoms with E-state index in [1.807, 2.05) is 24.0 Å². The average Bonchev–Trinajstić information content (AvgIpc) is 2.90. The van der Waals surface area contributed by atoms with Crippen LogP contribution in [0.25, 0.3) is 0 Å². The molecule has 0 spiro atoms. The van der Waals surface area contributed by atoms with Gasteiger partial charge in [-0.15, -0.1) is 0 Å². The summed E-state index contributed by atoms with van der Waals surface area (Å²) in [6.07, 6.45) is 2.87. The maximum Gasteiger partial charge on any atom is 0.227 e. The van der Waals surface area contributed by atoms with E-state index in [1.165, 1.54) is 19.4 Å². The van der Waals surface area contributed by atoms with Crippen LogP contribution in [0.2, 0.25) is 0 Å². The summed E-state index contributed by atoms with van der Waals surface area (Å²) in [5.74, 6) is 0.454. The molecule has 0 bridgehead atoms. The molecule has 2 aliphatic rings. The van der Waals surface area contributed by atoms with Gasteiger partial charge in [0, 0.05) is 25.7 Å². The summed E-state index contributed by atoms with van der Waals surface area (Å²) in [6, 6.07) is 6.07. The number of carbonyl (C=O) groups is 1. The molecule has 3 rings (SSSR count). The lowest BCUT2D eigenvalue weighted by Gasteiger charge is -2.37. The number of hydrogen-bond acceptors (Lipinski definition) is 3. The number of phenols is 1. The standard InChI is InChI=1S/C16H22N2O2/c1-12-4-5-13(9-15(12)19)10-16(20)18-8-7-17-6-2-3-14(17)11-18/h4-5,9,14,19H,2-3,6-8,10-11H2,1H3. The predicted octanol–water partition coefficient (Wildman–Crippen LogP) is 1.55. The topological polar surface area (TPSA) is 43.8 Å². The molecule has 1 unspecified atom stereocenters. The molecular formula is C16H22N2O2. The molecule has 2 fully saturated rings. The first kappa shape index (κ1) is 13.4. The predicted molar refractivity (Wildman–Crippen MR) is 77.7 cm³/mol. The van der Waals surface area contributed by atoms with Crippen molar-refractivity contribution in [3.63, 3.8) is 0 Å². The van der Waals surface area contributed by atoms with Crippen LogP contribution < -0.4 is 0 Å². The third-order valence-corrected chi connectivity index (χ3v) is 4.57. The van der Waals surface area contributed by atoms with Gasteiger partial charge in [-0.25, -0.2) is 0 Å². The fourth-order valence-corrected chi connectivity index (χ4v) is 3.27. The van der Waals surface area contributed by atoms with Gasteiger partial charge in [-0.2, -0.15) is 0 Å². The summed E-state index contributed by atoms with van der Waals surface area (Å²) in [5, 5.41) is 9.71. The summed E-state index contributed by atoms with van der Waals surface area (Å²) >= 11 is 0. The van der Waals surface area contributed by atoms with Crippen LogP contribution in [0.1, 0.15) is 24.0 Å². The third-order valence-electron chi connectivity index (χ3n) is 4.57. The second-order valence-corrected chi connectivity index (χ2v) is 5.97. The maximum atomic E-state index is 12.4. The van der Waals surface area contributed by atoms with E-state index in [9.17, 15) is 9.90 Å². The molecule has 108 valence electrons. The van der Waals surface area contributed by atoms with E-state index < -0.39 is 0 Å². The molecule has 0 aromatic heterocycles. The largest absolute Gasteiger partial charge is 0.508 e. The first-order chi connectivity index (χ1) is 9.63. The Bertz CT molecular complexity index is 515. The van der Waals surface area contributed by atoms with E-state index in [2.05, 4.69) is 4.90 Å². The van der Waals surface area contributed by atoms with Crippen molar-refractivity contribution in [3.05, 3.63) is 29.3 Å². The van der Waals surface area contributed by atoms with Crippen molar-refractivity contribution in [3.8, 4) is 5.75 Å². The Morgan fingerprint density at radius 1 is 1.35 bits per heavy atom. The first-order valence-corrected chi connectivity index (χ1v) is 7.44. The Labute approximate surface area is 120 Å². The minimum absolute atomic E-state index is 0.180. The van der Waals surface area contributed by atoms with E-state index >= 15 is 0 Å². The lowest BCUT2D eigenvalue weighted by molar-refractivity contribution is -0.133. The molecule has 1 aromatic rings. The number of phenolic OH excluding ortho intramolecular Hbond substituents is 1. The zero-order valence-corrected chi connectivity index (χ0v) is 12.0. The molecule has 4 nitrogen and oxygen atoms in total. The van der Waals surface area contributed by atoms with Crippen LogP contribution in [0.5, 0.6) is 5.75 Å². The first-order valence-electron chi connectivity index (χ1n) is 7.44. The minimum atomic E-state index is 0.180. The number of rotatable bonds is 2. The van der Waals surface area contributed by atoms with Gasteiger partial charge in [0.25, 0.3) is 0 Å². The van der Waals surface area contributed by atoms with Crippen molar-refractivity contribution in [2.45, 2.75) is 32.2 Å². The molecule has 4 heteroatoms. The van der Waals surface area contributed by atoms with Crippen molar-refractivity contribution < 1.29 is 9.90 Å². The zero-order valence-electron chi connectivity index (χ0n) is 12.0. The van der Waals surface area contributed by atoms with E-state index in [-0.39, 0.29) is 11.7 Å². The number of benzene rings is 1. The van der Waals surface area contributed by atoms with E-state index in [4.69, 9.17) is 0 Å². The van der Waals surface area contributed by atoms with E-state index in [0.29, 0.717) is 12.5 Å². The Morgan fingerprint density at radius 3 is 3.00 bits per heavy atom. The summed E-state index contributed by atoms with van der Waals surface area (Å²) < 4.78 is 0. The molecular weight excluding hydrogens is 252 g/mol. The van der Waals surface area contributed by atoms with E-state index in [0.717, 1.165) is 30.8 Å². The molecule has 20 heavy (non-hydrogen) atoms. The summed E-state index contributed by atoms with van der Waals surface area (Å²) in [7, 11) is 0. The molecule has 0 radical (unpaired) electrons. The number of hydrogen-bond donors (Lipinski definition) is 1. The maximum absolute atomic E-state index is 12.4. The number of aromatic hydroxyl groups is 1. The van der Waals surface area contributed by atoms with Crippen LogP contribution >= 0.6 is 0 Å². The molecule has 1 amide bonds. The minimum Gasteiger partial charge on any atom is -0.508 e. The highest BCUT2D eigenvalue weighted by Gasteiger charge is 2.32. The number of piperazine rings is 1. The van der Waals surface area contributed by atoms with Crippen LogP contribution in [0, 0.1) is 6.92 Å². The Hall–Kier alpha value is -1.55. The van der Waals surface area contributed by atoms with Crippen molar-refractivity contribution in [1.29, 1.82) is 0 Å². The van der Waals surface area contributed by atoms with Crippen LogP contribution in [0.4, 0.5) is 0 Å². The second-order valence-electron chi connectivity index (χ2n) is 5.97. The highest BCUT2D eigenvalue weighted by Crippen LogP contribution is 2.23. The normalized spacial score (nSPS) is 22.9. The van der Waals surface area contributed by atoms with Crippen molar-refractivity contribution in [1.82, 2.24) is 9.80 Å². The van der Waals surface area contributed by atoms with Gasteiger partial charge in [0.15, 0.2) is 0 Å². The van der Waals surface area contributed by atoms with Gasteiger partial charge in [-0.1, -0.05) is 12.1 Å². The summed E-state index contributed by atoms with van der Waals surface area (Å²) in [6.45, 7) is 5.78. The monoisotopic (exact) mass is 274 g/mol. The second kappa shape index (κ2) is 5.44. The van der Waals surface area contributed by atoms with Crippen molar-refractivity contribution in [2.24, 2.45) is 0 Å². The summed E-state index contributed by atoms with van der Waals surface area (Å²) in [5.41, 5.74) is 1.74. The molecule has 2 aliphatic heterocycles. The SMILES string of the molecule is Cc1ccc(CC(=O)N2CCN3CCCC3C2)cc1O. The van der Waals surface area contributed by atoms with Crippen LogP contribution in [0.15, 0.2) is 18.2 Å². The van der Waals surface area contributed by atoms with Crippen LogP contribution in [-0.2, 0) is 11.2 Å². The summed E-state index contributed by atoms with van der Waals surface area (Å²) in [4.78, 5) is 16.9. The quantitative estimate of drug-likeness (QED) is 0.890. The molecule has 0 aliphatic carbocycles. The fourth-order valence-electron chi connectivity index (χ4n) is 3.27. The lowest BCUT2D eigenvalue weighted by atomic mass is 10.1. The molecule has 1 atom stereocenters. The molecule has 1 aromatic carbocycles. The molecule has 2 heterocycles. The lowest BCUT2D eigenvalue weighted by Crippen LogP contribution is -2.52. The number of carbonyl (C=O) groups excluding carboxylic acids is 1. The van der Waals surface area contributed by atoms with Gasteiger partial charge >= 0.3 is 0 Å². The molecule has 0 saturated carbocycles. The van der Waals surface area contributed by atoms with Gasteiger partial charge in [-0.3, -0.25) is 9.69 Å². The zero-order chi connectivity index (χ0) is 14.1. The smallest absolute Gasteiger partial charge is 0.227 e. The van der Waals surface area contributed by atoms with Crippen molar-refractivity contribution >= 4 is 5.91 Å². The number of fused-ring (bicyclic) bond motifs is 1. The highest BCUT2D eigenvalue weighted by atomic mass is 16.3. The van der Waals surface area contributed by atoms with Gasteiger partial charge in [0.2, 0.25) is 5.91 Å². The van der Waals surface area contributed by atoms with Crippen LogP contribution in [0.3, 0.4) is 0 Å². The van der Waals surface area contributed by atoms with Gasteiger partial charge < -0.3 is 10.0 Å². The number of aryl methyl sites for hydroxylation is 1. The Morgan fingerprint density at radius 2 is 2.20 bits per heavy atom. The van der Waals surface area contributed by atoms with Crippen molar-refractivity contribution in [2.75, 3.05) is 26.2 Å². The van der Waals surface area contributed by atoms with Crippen LogP contribution in [-0.4, -0.2) is 53.0 Å². The molecule has 2 saturated heterocycles. The third kappa shape index (κ3) is 2.66. The highest BCUT2D eigenvalue weighted by molar-refractivity contribution is 5.79. The number of amides is 1. The molecule has 1 N–H and O–H groups in total. The van der Waals surface area contributed by atoms with Gasteiger partial charge in [0.1, 0.15) is 5.75 Å². The van der Waals surface area contributed by atoms with Gasteiger partial charge in [-0.05, 0) is 43.5 Å². The van der Waals surface area contributed by atoms with Gasteiger partial charge in [0.05, 0.1) is 6.42 Å². The number of nitrogens with zero attached hydrogens (tertiary/aromatic N) is 2. The fraction of sp³-hybridized carbons (Fsp3) is 0.562. The Balaban J connectivity index is 1.62. The van der Waals surface area contributed by atoms with E-state index in [1.54, 1.807) is 6.07 Å². The average molecular weight is 274 g/mol.